The smallest absolute Gasteiger partial charge is 0.357 e. The van der Waals surface area contributed by atoms with E-state index >= 15 is 0 Å². The summed E-state index contributed by atoms with van der Waals surface area (Å²) in [4.78, 5) is 27.0. The third-order valence-corrected chi connectivity index (χ3v) is 3.41. The van der Waals surface area contributed by atoms with E-state index in [1.54, 1.807) is 12.1 Å². The maximum atomic E-state index is 11.9. The van der Waals surface area contributed by atoms with Crippen molar-refractivity contribution >= 4 is 23.1 Å². The van der Waals surface area contributed by atoms with Crippen LogP contribution in [0.2, 0.25) is 0 Å². The quantitative estimate of drug-likeness (QED) is 0.625. The number of nitrogens with zero attached hydrogens (tertiary/aromatic N) is 1. The topological polar surface area (TPSA) is 65.5 Å². The fraction of sp³-hybridized carbons (Fsp3) is 0.214. The van der Waals surface area contributed by atoms with Crippen LogP contribution in [0.3, 0.4) is 0 Å². The summed E-state index contributed by atoms with van der Waals surface area (Å²) >= 11 is 1.10. The number of carbonyl (C=O) groups is 2. The summed E-state index contributed by atoms with van der Waals surface area (Å²) in [5.74, 6) is -0.209. The fourth-order valence-corrected chi connectivity index (χ4v) is 2.16. The zero-order valence-corrected chi connectivity index (χ0v) is 11.9. The molecule has 20 heavy (non-hydrogen) atoms. The van der Waals surface area contributed by atoms with E-state index in [4.69, 9.17) is 4.74 Å². The Balaban J connectivity index is 1.96. The van der Waals surface area contributed by atoms with Gasteiger partial charge in [0.1, 0.15) is 5.75 Å². The maximum Gasteiger partial charge on any atom is 0.357 e. The van der Waals surface area contributed by atoms with Crippen molar-refractivity contribution in [2.24, 2.45) is 0 Å². The van der Waals surface area contributed by atoms with Gasteiger partial charge in [0.25, 0.3) is 0 Å². The zero-order valence-electron chi connectivity index (χ0n) is 11.1. The van der Waals surface area contributed by atoms with Crippen LogP contribution in [0.1, 0.15) is 25.9 Å². The van der Waals surface area contributed by atoms with Gasteiger partial charge in [0.15, 0.2) is 17.3 Å². The molecule has 0 N–H and O–H groups in total. The van der Waals surface area contributed by atoms with Crippen LogP contribution in [-0.2, 0) is 4.74 Å². The van der Waals surface area contributed by atoms with Crippen LogP contribution in [0.25, 0.3) is 0 Å². The highest BCUT2D eigenvalue weighted by molar-refractivity contribution is 7.12. The molecule has 0 fully saturated rings. The van der Waals surface area contributed by atoms with Crippen molar-refractivity contribution in [3.8, 4) is 5.75 Å². The molecule has 0 radical (unpaired) electrons. The van der Waals surface area contributed by atoms with Crippen LogP contribution in [-0.4, -0.2) is 30.5 Å². The minimum absolute atomic E-state index is 0.114. The molecule has 104 valence electrons. The number of ether oxygens (including phenoxy) is 2. The summed E-state index contributed by atoms with van der Waals surface area (Å²) in [5, 5.41) is 1.72. The van der Waals surface area contributed by atoms with E-state index in [2.05, 4.69) is 9.72 Å². The lowest BCUT2D eigenvalue weighted by atomic mass is 10.2. The van der Waals surface area contributed by atoms with E-state index in [1.165, 1.54) is 12.5 Å². The molecule has 0 aliphatic carbocycles. The second-order valence-corrected chi connectivity index (χ2v) is 4.91. The van der Waals surface area contributed by atoms with E-state index in [1.807, 2.05) is 19.1 Å². The number of ketones is 1. The molecule has 0 saturated heterocycles. The molecule has 1 heterocycles. The van der Waals surface area contributed by atoms with E-state index in [9.17, 15) is 9.59 Å². The molecule has 1 aromatic heterocycles. The van der Waals surface area contributed by atoms with Crippen LogP contribution < -0.4 is 4.74 Å². The van der Waals surface area contributed by atoms with E-state index in [0.717, 1.165) is 16.9 Å². The Morgan fingerprint density at radius 3 is 2.60 bits per heavy atom. The van der Waals surface area contributed by atoms with Crippen molar-refractivity contribution in [3.05, 3.63) is 45.9 Å². The lowest BCUT2D eigenvalue weighted by Crippen LogP contribution is -2.12. The summed E-state index contributed by atoms with van der Waals surface area (Å²) in [6.07, 6.45) is 0. The van der Waals surface area contributed by atoms with E-state index in [-0.39, 0.29) is 23.1 Å². The standard InChI is InChI=1S/C14H13NO4S/c1-9-3-5-10(6-4-9)19-7-12(16)13-15-11(8-20-13)14(17)18-2/h3-6,8H,7H2,1-2H3. The van der Waals surface area contributed by atoms with Crippen molar-refractivity contribution in [2.75, 3.05) is 13.7 Å². The molecule has 2 rings (SSSR count). The van der Waals surface area contributed by atoms with Crippen molar-refractivity contribution in [1.82, 2.24) is 4.98 Å². The monoisotopic (exact) mass is 291 g/mol. The summed E-state index contributed by atoms with van der Waals surface area (Å²) in [6.45, 7) is 1.86. The Morgan fingerprint density at radius 2 is 1.95 bits per heavy atom. The van der Waals surface area contributed by atoms with Crippen LogP contribution in [0.15, 0.2) is 29.6 Å². The molecule has 0 unspecified atom stereocenters. The van der Waals surface area contributed by atoms with Crippen LogP contribution in [0.4, 0.5) is 0 Å². The average Bonchev–Trinajstić information content (AvgIpc) is 2.95. The number of Topliss-reactive ketones (excluding diaryl/α,β-unsaturated/α-hetero) is 1. The van der Waals surface area contributed by atoms with Gasteiger partial charge in [-0.1, -0.05) is 17.7 Å². The second kappa shape index (κ2) is 6.29. The van der Waals surface area contributed by atoms with Gasteiger partial charge >= 0.3 is 5.97 Å². The van der Waals surface area contributed by atoms with Gasteiger partial charge in [0.05, 0.1) is 7.11 Å². The predicted molar refractivity (Wildman–Crippen MR) is 74.5 cm³/mol. The normalized spacial score (nSPS) is 10.1. The zero-order chi connectivity index (χ0) is 14.5. The van der Waals surface area contributed by atoms with Gasteiger partial charge in [0, 0.05) is 5.38 Å². The first kappa shape index (κ1) is 14.2. The highest BCUT2D eigenvalue weighted by Gasteiger charge is 2.16. The summed E-state index contributed by atoms with van der Waals surface area (Å²) in [5.41, 5.74) is 1.25. The molecular weight excluding hydrogens is 278 g/mol. The van der Waals surface area contributed by atoms with Gasteiger partial charge in [-0.25, -0.2) is 9.78 Å². The van der Waals surface area contributed by atoms with Crippen molar-refractivity contribution in [1.29, 1.82) is 0 Å². The molecule has 2 aromatic rings. The minimum Gasteiger partial charge on any atom is -0.485 e. The van der Waals surface area contributed by atoms with E-state index < -0.39 is 5.97 Å². The number of esters is 1. The first-order valence-corrected chi connectivity index (χ1v) is 6.74. The SMILES string of the molecule is COC(=O)c1csc(C(=O)COc2ccc(C)cc2)n1. The van der Waals surface area contributed by atoms with Crippen molar-refractivity contribution < 1.29 is 19.1 Å². The highest BCUT2D eigenvalue weighted by Crippen LogP contribution is 2.14. The molecule has 0 saturated carbocycles. The molecular formula is C14H13NO4S. The molecule has 6 heteroatoms. The number of thiazole rings is 1. The number of benzene rings is 1. The molecule has 0 aliphatic heterocycles. The number of hydrogen-bond donors (Lipinski definition) is 0. The molecule has 0 spiro atoms. The van der Waals surface area contributed by atoms with Crippen molar-refractivity contribution in [2.45, 2.75) is 6.92 Å². The molecule has 5 nitrogen and oxygen atoms in total. The van der Waals surface area contributed by atoms with Gasteiger partial charge in [-0.3, -0.25) is 4.79 Å². The molecule has 0 bridgehead atoms. The van der Waals surface area contributed by atoms with Gasteiger partial charge < -0.3 is 9.47 Å². The molecule has 0 aliphatic rings. The third-order valence-electron chi connectivity index (χ3n) is 2.53. The van der Waals surface area contributed by atoms with Crippen LogP contribution in [0.5, 0.6) is 5.75 Å². The Labute approximate surface area is 120 Å². The van der Waals surface area contributed by atoms with Gasteiger partial charge in [-0.15, -0.1) is 11.3 Å². The molecule has 0 amide bonds. The van der Waals surface area contributed by atoms with Crippen LogP contribution >= 0.6 is 11.3 Å². The van der Waals surface area contributed by atoms with Gasteiger partial charge in [0.2, 0.25) is 5.78 Å². The Kier molecular flexibility index (Phi) is 4.47. The van der Waals surface area contributed by atoms with Gasteiger partial charge in [-0.2, -0.15) is 0 Å². The lowest BCUT2D eigenvalue weighted by Gasteiger charge is -2.04. The number of aromatic nitrogens is 1. The number of carbonyl (C=O) groups excluding carboxylic acids is 2. The summed E-state index contributed by atoms with van der Waals surface area (Å²) in [7, 11) is 1.27. The number of aryl methyl sites for hydroxylation is 1. The molecule has 0 atom stereocenters. The number of hydrogen-bond acceptors (Lipinski definition) is 6. The third kappa shape index (κ3) is 3.42. The first-order chi connectivity index (χ1) is 9.60. The maximum absolute atomic E-state index is 11.9. The van der Waals surface area contributed by atoms with Crippen LogP contribution in [0, 0.1) is 6.92 Å². The Bertz CT molecular complexity index is 618. The Hall–Kier alpha value is -2.21. The summed E-state index contributed by atoms with van der Waals surface area (Å²) < 4.78 is 9.91. The highest BCUT2D eigenvalue weighted by atomic mass is 32.1. The largest absolute Gasteiger partial charge is 0.485 e. The predicted octanol–water partition coefficient (Wildman–Crippen LogP) is 2.50. The van der Waals surface area contributed by atoms with E-state index in [0.29, 0.717) is 5.75 Å². The lowest BCUT2D eigenvalue weighted by molar-refractivity contribution is 0.0595. The first-order valence-electron chi connectivity index (χ1n) is 5.86. The number of rotatable bonds is 5. The molecule has 1 aromatic carbocycles. The average molecular weight is 291 g/mol. The number of methoxy groups -OCH3 is 1. The Morgan fingerprint density at radius 1 is 1.25 bits per heavy atom. The van der Waals surface area contributed by atoms with Crippen molar-refractivity contribution in [3.63, 3.8) is 0 Å². The summed E-state index contributed by atoms with van der Waals surface area (Å²) in [6, 6.07) is 7.39. The minimum atomic E-state index is -0.556. The fourth-order valence-electron chi connectivity index (χ4n) is 1.45. The van der Waals surface area contributed by atoms with Gasteiger partial charge in [-0.05, 0) is 19.1 Å². The second-order valence-electron chi connectivity index (χ2n) is 4.05.